The smallest absolute Gasteiger partial charge is 0.303 e. The van der Waals surface area contributed by atoms with Gasteiger partial charge in [-0.2, -0.15) is 0 Å². The summed E-state index contributed by atoms with van der Waals surface area (Å²) in [5.41, 5.74) is 0. The number of hydrogen-bond donors (Lipinski definition) is 0. The summed E-state index contributed by atoms with van der Waals surface area (Å²) in [5, 5.41) is 0. The van der Waals surface area contributed by atoms with Crippen molar-refractivity contribution < 1.29 is 28.5 Å². The van der Waals surface area contributed by atoms with E-state index in [9.17, 15) is 9.59 Å². The topological polar surface area (TPSA) is 71.1 Å². The van der Waals surface area contributed by atoms with Crippen molar-refractivity contribution in [2.45, 2.75) is 39.3 Å². The molecule has 6 heteroatoms. The lowest BCUT2D eigenvalue weighted by Gasteiger charge is -2.31. The first kappa shape index (κ1) is 14.7. The van der Waals surface area contributed by atoms with Crippen LogP contribution in [0.2, 0.25) is 0 Å². The zero-order chi connectivity index (χ0) is 13.5. The van der Waals surface area contributed by atoms with Crippen LogP contribution in [0.3, 0.4) is 0 Å². The first-order valence-electron chi connectivity index (χ1n) is 5.79. The number of ether oxygens (including phenoxy) is 4. The van der Waals surface area contributed by atoms with Gasteiger partial charge in [-0.25, -0.2) is 0 Å². The minimum atomic E-state index is -0.571. The van der Waals surface area contributed by atoms with E-state index in [1.165, 1.54) is 13.8 Å². The Hall–Kier alpha value is -1.40. The third-order valence-electron chi connectivity index (χ3n) is 2.22. The molecule has 1 unspecified atom stereocenters. The van der Waals surface area contributed by atoms with E-state index in [1.54, 1.807) is 12.2 Å². The molecule has 0 N–H and O–H groups in total. The highest BCUT2D eigenvalue weighted by Gasteiger charge is 2.30. The molecule has 0 spiro atoms. The van der Waals surface area contributed by atoms with Crippen molar-refractivity contribution in [2.75, 3.05) is 13.2 Å². The molecule has 1 rings (SSSR count). The first-order chi connectivity index (χ1) is 8.52. The first-order valence-corrected chi connectivity index (χ1v) is 5.79. The molecule has 0 bridgehead atoms. The Morgan fingerprint density at radius 2 is 1.94 bits per heavy atom. The molecule has 3 atom stereocenters. The summed E-state index contributed by atoms with van der Waals surface area (Å²) in [5.74, 6) is -0.835. The fourth-order valence-corrected chi connectivity index (χ4v) is 1.52. The van der Waals surface area contributed by atoms with Crippen LogP contribution in [0.4, 0.5) is 0 Å². The quantitative estimate of drug-likeness (QED) is 0.536. The Labute approximate surface area is 106 Å². The molecule has 6 nitrogen and oxygen atoms in total. The normalized spacial score (nSPS) is 26.7. The fraction of sp³-hybridized carbons (Fsp3) is 0.667. The van der Waals surface area contributed by atoms with Crippen molar-refractivity contribution in [3.05, 3.63) is 12.2 Å². The van der Waals surface area contributed by atoms with Crippen molar-refractivity contribution in [3.8, 4) is 0 Å². The molecule has 0 saturated heterocycles. The van der Waals surface area contributed by atoms with Gasteiger partial charge < -0.3 is 18.9 Å². The van der Waals surface area contributed by atoms with Gasteiger partial charge in [-0.15, -0.1) is 0 Å². The molecule has 0 amide bonds. The minimum Gasteiger partial charge on any atom is -0.463 e. The zero-order valence-corrected chi connectivity index (χ0v) is 10.8. The second-order valence-corrected chi connectivity index (χ2v) is 3.76. The molecule has 0 fully saturated rings. The van der Waals surface area contributed by atoms with Crippen LogP contribution < -0.4 is 0 Å². The average molecular weight is 258 g/mol. The second kappa shape index (κ2) is 7.13. The molecule has 18 heavy (non-hydrogen) atoms. The molecule has 102 valence electrons. The summed E-state index contributed by atoms with van der Waals surface area (Å²) in [6.07, 6.45) is 1.71. The lowest BCUT2D eigenvalue weighted by molar-refractivity contribution is -0.195. The largest absolute Gasteiger partial charge is 0.463 e. The number of carbonyl (C=O) groups excluding carboxylic acids is 2. The average Bonchev–Trinajstić information content (AvgIpc) is 2.28. The molecular weight excluding hydrogens is 240 g/mol. The third kappa shape index (κ3) is 4.85. The molecule has 1 aliphatic heterocycles. The van der Waals surface area contributed by atoms with Gasteiger partial charge in [0.05, 0.1) is 0 Å². The predicted molar refractivity (Wildman–Crippen MR) is 61.6 cm³/mol. The number of hydrogen-bond acceptors (Lipinski definition) is 6. The van der Waals surface area contributed by atoms with Gasteiger partial charge in [0.15, 0.2) is 6.29 Å². The van der Waals surface area contributed by atoms with Crippen molar-refractivity contribution in [3.63, 3.8) is 0 Å². The molecule has 0 aromatic heterocycles. The molecule has 0 aliphatic carbocycles. The monoisotopic (exact) mass is 258 g/mol. The maximum absolute atomic E-state index is 11.0. The van der Waals surface area contributed by atoms with E-state index in [0.717, 1.165) is 0 Å². The van der Waals surface area contributed by atoms with E-state index in [4.69, 9.17) is 18.9 Å². The Balaban J connectivity index is 2.62. The highest BCUT2D eigenvalue weighted by molar-refractivity contribution is 5.66. The Morgan fingerprint density at radius 3 is 2.50 bits per heavy atom. The van der Waals surface area contributed by atoms with Crippen molar-refractivity contribution in [2.24, 2.45) is 0 Å². The molecular formula is C12H18O6. The van der Waals surface area contributed by atoms with Crippen molar-refractivity contribution in [1.82, 2.24) is 0 Å². The van der Waals surface area contributed by atoms with E-state index in [0.29, 0.717) is 6.61 Å². The Kier molecular flexibility index (Phi) is 5.80. The van der Waals surface area contributed by atoms with Crippen molar-refractivity contribution >= 4 is 11.9 Å². The van der Waals surface area contributed by atoms with Gasteiger partial charge in [0.1, 0.15) is 18.8 Å². The predicted octanol–water partition coefficient (Wildman–Crippen LogP) is 0.799. The SMILES string of the molecule is CCOC1C=C[C@H](OC(C)=O)[C@@H](COC(C)=O)O1. The van der Waals surface area contributed by atoms with Gasteiger partial charge in [-0.1, -0.05) is 0 Å². The van der Waals surface area contributed by atoms with Crippen LogP contribution in [-0.4, -0.2) is 43.7 Å². The van der Waals surface area contributed by atoms with Gasteiger partial charge in [-0.05, 0) is 19.1 Å². The molecule has 1 aliphatic rings. The summed E-state index contributed by atoms with van der Waals surface area (Å²) in [7, 11) is 0. The van der Waals surface area contributed by atoms with Crippen LogP contribution in [-0.2, 0) is 28.5 Å². The number of carbonyl (C=O) groups is 2. The molecule has 0 aromatic carbocycles. The highest BCUT2D eigenvalue weighted by Crippen LogP contribution is 2.17. The molecule has 0 radical (unpaired) electrons. The fourth-order valence-electron chi connectivity index (χ4n) is 1.52. The molecule has 0 saturated carbocycles. The summed E-state index contributed by atoms with van der Waals surface area (Å²) < 4.78 is 20.8. The summed E-state index contributed by atoms with van der Waals surface area (Å²) in [6.45, 7) is 4.97. The number of esters is 2. The van der Waals surface area contributed by atoms with E-state index < -0.39 is 30.4 Å². The maximum Gasteiger partial charge on any atom is 0.303 e. The van der Waals surface area contributed by atoms with Gasteiger partial charge in [0, 0.05) is 20.5 Å². The van der Waals surface area contributed by atoms with E-state index in [2.05, 4.69) is 0 Å². The highest BCUT2D eigenvalue weighted by atomic mass is 16.7. The van der Waals surface area contributed by atoms with Crippen LogP contribution in [0.15, 0.2) is 12.2 Å². The van der Waals surface area contributed by atoms with Gasteiger partial charge >= 0.3 is 11.9 Å². The molecule has 1 heterocycles. The maximum atomic E-state index is 11.0. The Morgan fingerprint density at radius 1 is 1.22 bits per heavy atom. The van der Waals surface area contributed by atoms with E-state index in [1.807, 2.05) is 6.92 Å². The summed E-state index contributed by atoms with van der Waals surface area (Å²) in [6, 6.07) is 0. The standard InChI is InChI=1S/C12H18O6/c1-4-15-12-6-5-10(17-9(3)14)11(18-12)7-16-8(2)13/h5-6,10-12H,4,7H2,1-3H3/t10-,11+,12?/m0/s1. The lowest BCUT2D eigenvalue weighted by Crippen LogP contribution is -2.42. The lowest BCUT2D eigenvalue weighted by atomic mass is 10.1. The molecule has 0 aromatic rings. The number of rotatable bonds is 5. The van der Waals surface area contributed by atoms with Crippen LogP contribution >= 0.6 is 0 Å². The van der Waals surface area contributed by atoms with Gasteiger partial charge in [-0.3, -0.25) is 9.59 Å². The van der Waals surface area contributed by atoms with Crippen molar-refractivity contribution in [1.29, 1.82) is 0 Å². The van der Waals surface area contributed by atoms with Gasteiger partial charge in [0.2, 0.25) is 0 Å². The summed E-state index contributed by atoms with van der Waals surface area (Å²) in [4.78, 5) is 21.7. The van der Waals surface area contributed by atoms with Gasteiger partial charge in [0.25, 0.3) is 0 Å². The Bertz CT molecular complexity index is 325. The minimum absolute atomic E-state index is 0.0151. The summed E-state index contributed by atoms with van der Waals surface area (Å²) >= 11 is 0. The van der Waals surface area contributed by atoms with E-state index in [-0.39, 0.29) is 6.61 Å². The van der Waals surface area contributed by atoms with Crippen LogP contribution in [0.25, 0.3) is 0 Å². The van der Waals surface area contributed by atoms with E-state index >= 15 is 0 Å². The van der Waals surface area contributed by atoms with Crippen LogP contribution in [0, 0.1) is 0 Å². The van der Waals surface area contributed by atoms with Crippen LogP contribution in [0.1, 0.15) is 20.8 Å². The third-order valence-corrected chi connectivity index (χ3v) is 2.22. The van der Waals surface area contributed by atoms with Crippen LogP contribution in [0.5, 0.6) is 0 Å². The zero-order valence-electron chi connectivity index (χ0n) is 10.8. The second-order valence-electron chi connectivity index (χ2n) is 3.76.